The molecule has 0 spiro atoms. The van der Waals surface area contributed by atoms with E-state index >= 15 is 0 Å². The van der Waals surface area contributed by atoms with E-state index in [1.807, 2.05) is 0 Å². The van der Waals surface area contributed by atoms with Crippen molar-refractivity contribution in [2.24, 2.45) is 0 Å². The van der Waals surface area contributed by atoms with Gasteiger partial charge in [0, 0.05) is 6.04 Å². The van der Waals surface area contributed by atoms with Crippen LogP contribution in [-0.2, 0) is 0 Å². The molecule has 1 saturated heterocycles. The predicted molar refractivity (Wildman–Crippen MR) is 57.8 cm³/mol. The van der Waals surface area contributed by atoms with Crippen molar-refractivity contribution in [1.82, 2.24) is 5.32 Å². The third-order valence-electron chi connectivity index (χ3n) is 3.05. The lowest BCUT2D eigenvalue weighted by Gasteiger charge is -2.15. The van der Waals surface area contributed by atoms with Crippen molar-refractivity contribution < 1.29 is 13.9 Å². The van der Waals surface area contributed by atoms with Crippen molar-refractivity contribution in [1.29, 1.82) is 0 Å². The zero-order valence-corrected chi connectivity index (χ0v) is 9.13. The molecule has 1 aromatic carbocycles. The zero-order valence-electron chi connectivity index (χ0n) is 9.13. The molecule has 1 aliphatic rings. The summed E-state index contributed by atoms with van der Waals surface area (Å²) in [5.41, 5.74) is 1.10. The highest BCUT2D eigenvalue weighted by Crippen LogP contribution is 2.35. The Morgan fingerprint density at radius 3 is 2.75 bits per heavy atom. The van der Waals surface area contributed by atoms with E-state index in [9.17, 15) is 13.9 Å². The van der Waals surface area contributed by atoms with E-state index in [-0.39, 0.29) is 17.4 Å². The molecule has 1 aliphatic heterocycles. The molecule has 1 atom stereocenters. The Hall–Kier alpha value is -1.16. The van der Waals surface area contributed by atoms with E-state index in [4.69, 9.17) is 0 Å². The standard InChI is InChI=1S/C12H15F2NO/c1-7-5-8(10-3-2-4-15-10)6-9(11(7)16)12(13)14/h5-6,10,12,15-16H,2-4H2,1H3. The lowest BCUT2D eigenvalue weighted by Crippen LogP contribution is -2.13. The molecule has 0 saturated carbocycles. The van der Waals surface area contributed by atoms with Crippen LogP contribution in [0.3, 0.4) is 0 Å². The molecular weight excluding hydrogens is 212 g/mol. The second-order valence-electron chi connectivity index (χ2n) is 4.23. The molecule has 1 heterocycles. The largest absolute Gasteiger partial charge is 0.507 e. The van der Waals surface area contributed by atoms with E-state index in [0.717, 1.165) is 24.9 Å². The summed E-state index contributed by atoms with van der Waals surface area (Å²) in [6.45, 7) is 2.58. The summed E-state index contributed by atoms with van der Waals surface area (Å²) >= 11 is 0. The Balaban J connectivity index is 2.39. The highest BCUT2D eigenvalue weighted by Gasteiger charge is 2.21. The van der Waals surface area contributed by atoms with Gasteiger partial charge in [-0.3, -0.25) is 0 Å². The highest BCUT2D eigenvalue weighted by atomic mass is 19.3. The molecule has 0 bridgehead atoms. The van der Waals surface area contributed by atoms with Crippen molar-refractivity contribution in [3.63, 3.8) is 0 Å². The normalized spacial score (nSPS) is 20.6. The fourth-order valence-corrected chi connectivity index (χ4v) is 2.17. The molecule has 1 aromatic rings. The summed E-state index contributed by atoms with van der Waals surface area (Å²) in [4.78, 5) is 0. The Bertz CT molecular complexity index is 387. The van der Waals surface area contributed by atoms with Crippen molar-refractivity contribution >= 4 is 0 Å². The molecule has 1 unspecified atom stereocenters. The minimum Gasteiger partial charge on any atom is -0.507 e. The average molecular weight is 227 g/mol. The molecule has 1 fully saturated rings. The van der Waals surface area contributed by atoms with Gasteiger partial charge in [0.25, 0.3) is 6.43 Å². The Morgan fingerprint density at radius 1 is 1.44 bits per heavy atom. The first kappa shape index (κ1) is 11.3. The van der Waals surface area contributed by atoms with Crippen LogP contribution in [0.15, 0.2) is 12.1 Å². The number of halogens is 2. The van der Waals surface area contributed by atoms with E-state index < -0.39 is 6.43 Å². The maximum atomic E-state index is 12.7. The number of hydrogen-bond donors (Lipinski definition) is 2. The van der Waals surface area contributed by atoms with Gasteiger partial charge in [0.1, 0.15) is 5.75 Å². The van der Waals surface area contributed by atoms with Crippen molar-refractivity contribution in [3.05, 3.63) is 28.8 Å². The Kier molecular flexibility index (Phi) is 3.10. The first-order valence-corrected chi connectivity index (χ1v) is 5.44. The fraction of sp³-hybridized carbons (Fsp3) is 0.500. The smallest absolute Gasteiger partial charge is 0.267 e. The Labute approximate surface area is 93.3 Å². The summed E-state index contributed by atoms with van der Waals surface area (Å²) in [5, 5.41) is 12.8. The number of aromatic hydroxyl groups is 1. The summed E-state index contributed by atoms with van der Waals surface area (Å²) in [6.07, 6.45) is -0.596. The van der Waals surface area contributed by atoms with Crippen molar-refractivity contribution in [3.8, 4) is 5.75 Å². The first-order chi connectivity index (χ1) is 7.59. The molecule has 0 amide bonds. The van der Waals surface area contributed by atoms with Crippen LogP contribution in [0.4, 0.5) is 8.78 Å². The number of phenolic OH excluding ortho intramolecular Hbond substituents is 1. The van der Waals surface area contributed by atoms with Crippen LogP contribution in [0.25, 0.3) is 0 Å². The second kappa shape index (κ2) is 4.37. The molecule has 2 N–H and O–H groups in total. The maximum absolute atomic E-state index is 12.7. The van der Waals surface area contributed by atoms with Gasteiger partial charge in [-0.25, -0.2) is 8.78 Å². The summed E-state index contributed by atoms with van der Waals surface area (Å²) in [6, 6.07) is 3.34. The fourth-order valence-electron chi connectivity index (χ4n) is 2.17. The van der Waals surface area contributed by atoms with Gasteiger partial charge in [-0.05, 0) is 43.5 Å². The third-order valence-corrected chi connectivity index (χ3v) is 3.05. The summed E-state index contributed by atoms with van der Waals surface area (Å²) < 4.78 is 25.4. The predicted octanol–water partition coefficient (Wildman–Crippen LogP) is 3.06. The van der Waals surface area contributed by atoms with E-state index in [1.54, 1.807) is 13.0 Å². The van der Waals surface area contributed by atoms with Gasteiger partial charge in [0.05, 0.1) is 5.56 Å². The van der Waals surface area contributed by atoms with Crippen LogP contribution in [0, 0.1) is 6.92 Å². The molecule has 16 heavy (non-hydrogen) atoms. The van der Waals surface area contributed by atoms with Gasteiger partial charge in [-0.2, -0.15) is 0 Å². The van der Waals surface area contributed by atoms with Crippen LogP contribution in [0.5, 0.6) is 5.75 Å². The number of nitrogens with one attached hydrogen (secondary N) is 1. The van der Waals surface area contributed by atoms with Gasteiger partial charge in [0.2, 0.25) is 0 Å². The molecule has 0 aromatic heterocycles. The maximum Gasteiger partial charge on any atom is 0.267 e. The summed E-state index contributed by atoms with van der Waals surface area (Å²) in [7, 11) is 0. The van der Waals surface area contributed by atoms with E-state index in [0.29, 0.717) is 5.56 Å². The molecule has 88 valence electrons. The number of alkyl halides is 2. The van der Waals surface area contributed by atoms with Crippen molar-refractivity contribution in [2.75, 3.05) is 6.54 Å². The number of benzene rings is 1. The topological polar surface area (TPSA) is 32.3 Å². The molecular formula is C12H15F2NO. The van der Waals surface area contributed by atoms with Crippen LogP contribution in [0.2, 0.25) is 0 Å². The highest BCUT2D eigenvalue weighted by molar-refractivity contribution is 5.44. The number of rotatable bonds is 2. The minimum absolute atomic E-state index is 0.150. The molecule has 0 aliphatic carbocycles. The molecule has 4 heteroatoms. The summed E-state index contributed by atoms with van der Waals surface area (Å²) in [5.74, 6) is -0.281. The molecule has 2 nitrogen and oxygen atoms in total. The van der Waals surface area contributed by atoms with Gasteiger partial charge in [-0.1, -0.05) is 6.07 Å². The second-order valence-corrected chi connectivity index (χ2v) is 4.23. The van der Waals surface area contributed by atoms with Gasteiger partial charge >= 0.3 is 0 Å². The lowest BCUT2D eigenvalue weighted by atomic mass is 9.99. The third kappa shape index (κ3) is 2.02. The van der Waals surface area contributed by atoms with Crippen LogP contribution in [0.1, 0.15) is 42.0 Å². The average Bonchev–Trinajstić information content (AvgIpc) is 2.74. The number of hydrogen-bond acceptors (Lipinski definition) is 2. The minimum atomic E-state index is -2.62. The van der Waals surface area contributed by atoms with Gasteiger partial charge < -0.3 is 10.4 Å². The molecule has 2 rings (SSSR count). The first-order valence-electron chi connectivity index (χ1n) is 5.44. The lowest BCUT2D eigenvalue weighted by molar-refractivity contribution is 0.147. The number of phenols is 1. The quantitative estimate of drug-likeness (QED) is 0.813. The number of aryl methyl sites for hydroxylation is 1. The van der Waals surface area contributed by atoms with Gasteiger partial charge in [0.15, 0.2) is 0 Å². The van der Waals surface area contributed by atoms with Crippen LogP contribution >= 0.6 is 0 Å². The van der Waals surface area contributed by atoms with Crippen molar-refractivity contribution in [2.45, 2.75) is 32.2 Å². The Morgan fingerprint density at radius 2 is 2.19 bits per heavy atom. The SMILES string of the molecule is Cc1cc(C2CCCN2)cc(C(F)F)c1O. The molecule has 0 radical (unpaired) electrons. The van der Waals surface area contributed by atoms with Gasteiger partial charge in [-0.15, -0.1) is 0 Å². The zero-order chi connectivity index (χ0) is 11.7. The van der Waals surface area contributed by atoms with Crippen LogP contribution < -0.4 is 5.32 Å². The van der Waals surface area contributed by atoms with E-state index in [2.05, 4.69) is 5.32 Å². The van der Waals surface area contributed by atoms with E-state index in [1.165, 1.54) is 6.07 Å². The monoisotopic (exact) mass is 227 g/mol. The van der Waals surface area contributed by atoms with Crippen LogP contribution in [-0.4, -0.2) is 11.7 Å².